The molecule has 0 saturated heterocycles. The summed E-state index contributed by atoms with van der Waals surface area (Å²) in [6.07, 6.45) is 3.42. The van der Waals surface area contributed by atoms with Gasteiger partial charge in [-0.15, -0.1) is 0 Å². The van der Waals surface area contributed by atoms with Crippen LogP contribution in [-0.4, -0.2) is 37.9 Å². The van der Waals surface area contributed by atoms with E-state index in [9.17, 15) is 4.79 Å². The van der Waals surface area contributed by atoms with Crippen LogP contribution in [0.1, 0.15) is 15.9 Å². The van der Waals surface area contributed by atoms with Gasteiger partial charge in [-0.1, -0.05) is 48.5 Å². The highest BCUT2D eigenvalue weighted by Gasteiger charge is 2.04. The van der Waals surface area contributed by atoms with Gasteiger partial charge in [0, 0.05) is 24.3 Å². The number of nitrogens with zero attached hydrogens (tertiary/aromatic N) is 1. The Morgan fingerprint density at radius 1 is 0.931 bits per heavy atom. The maximum absolute atomic E-state index is 12.5. The number of benzene rings is 3. The van der Waals surface area contributed by atoms with Gasteiger partial charge in [-0.05, 0) is 62.1 Å². The van der Waals surface area contributed by atoms with Crippen LogP contribution >= 0.6 is 0 Å². The Morgan fingerprint density at radius 2 is 1.66 bits per heavy atom. The van der Waals surface area contributed by atoms with Crippen molar-refractivity contribution >= 4 is 17.5 Å². The molecule has 3 aromatic rings. The molecule has 1 N–H and O–H groups in total. The molecule has 148 valence electrons. The molecule has 0 radical (unpaired) electrons. The number of hydrogen-bond acceptors (Lipinski definition) is 4. The molecule has 0 aromatic heterocycles. The van der Waals surface area contributed by atoms with Crippen LogP contribution in [0.5, 0.6) is 11.5 Å². The van der Waals surface area contributed by atoms with Crippen LogP contribution in [0.4, 0.5) is 5.69 Å². The lowest BCUT2D eigenvalue weighted by Crippen LogP contribution is -2.20. The molecule has 4 heteroatoms. The molecule has 0 atom stereocenters. The van der Waals surface area contributed by atoms with Crippen LogP contribution in [0.25, 0.3) is 6.08 Å². The standard InChI is InChI=1S/C25H26N2O2/c1-27(2)18-17-26-22-14-11-20(12-15-22)13-16-25(28)21-7-6-10-24(19-21)29-23-8-4-3-5-9-23/h3-16,19,26H,17-18H2,1-2H3/b16-13+. The minimum absolute atomic E-state index is 0.0586. The van der Waals surface area contributed by atoms with Crippen LogP contribution < -0.4 is 10.1 Å². The van der Waals surface area contributed by atoms with Crippen LogP contribution in [0.3, 0.4) is 0 Å². The average molecular weight is 386 g/mol. The third kappa shape index (κ3) is 6.63. The van der Waals surface area contributed by atoms with Gasteiger partial charge in [-0.2, -0.15) is 0 Å². The van der Waals surface area contributed by atoms with Crippen LogP contribution in [0.2, 0.25) is 0 Å². The Labute approximate surface area is 172 Å². The van der Waals surface area contributed by atoms with Gasteiger partial charge in [0.1, 0.15) is 11.5 Å². The Bertz CT molecular complexity index is 948. The number of hydrogen-bond donors (Lipinski definition) is 1. The Balaban J connectivity index is 1.59. The molecule has 3 rings (SSSR count). The highest BCUT2D eigenvalue weighted by Crippen LogP contribution is 2.22. The quantitative estimate of drug-likeness (QED) is 0.398. The van der Waals surface area contributed by atoms with Crippen molar-refractivity contribution in [3.63, 3.8) is 0 Å². The Kier molecular flexibility index (Phi) is 7.20. The molecule has 0 aliphatic heterocycles. The lowest BCUT2D eigenvalue weighted by molar-refractivity contribution is 0.104. The van der Waals surface area contributed by atoms with Crippen molar-refractivity contribution in [3.8, 4) is 11.5 Å². The normalized spacial score (nSPS) is 11.0. The summed E-state index contributed by atoms with van der Waals surface area (Å²) in [5.74, 6) is 1.33. The van der Waals surface area contributed by atoms with Gasteiger partial charge in [-0.25, -0.2) is 0 Å². The number of anilines is 1. The fraction of sp³-hybridized carbons (Fsp3) is 0.160. The lowest BCUT2D eigenvalue weighted by Gasteiger charge is -2.11. The lowest BCUT2D eigenvalue weighted by atomic mass is 10.1. The Hall–Kier alpha value is -3.37. The first kappa shape index (κ1) is 20.4. The molecule has 0 bridgehead atoms. The number of para-hydroxylation sites is 1. The van der Waals surface area contributed by atoms with Gasteiger partial charge in [0.15, 0.2) is 5.78 Å². The third-order valence-corrected chi connectivity index (χ3v) is 4.32. The van der Waals surface area contributed by atoms with E-state index in [-0.39, 0.29) is 5.78 Å². The monoisotopic (exact) mass is 386 g/mol. The van der Waals surface area contributed by atoms with Crippen molar-refractivity contribution in [1.82, 2.24) is 4.90 Å². The molecular formula is C25H26N2O2. The first-order valence-electron chi connectivity index (χ1n) is 9.64. The molecule has 3 aromatic carbocycles. The number of ether oxygens (including phenoxy) is 1. The summed E-state index contributed by atoms with van der Waals surface area (Å²) in [5.41, 5.74) is 2.64. The number of rotatable bonds is 9. The maximum Gasteiger partial charge on any atom is 0.185 e. The van der Waals surface area contributed by atoms with E-state index in [0.29, 0.717) is 11.3 Å². The third-order valence-electron chi connectivity index (χ3n) is 4.32. The number of carbonyl (C=O) groups excluding carboxylic acids is 1. The van der Waals surface area contributed by atoms with Crippen LogP contribution in [-0.2, 0) is 0 Å². The summed E-state index contributed by atoms with van der Waals surface area (Å²) < 4.78 is 5.81. The van der Waals surface area contributed by atoms with E-state index in [1.807, 2.05) is 72.8 Å². The molecule has 0 aliphatic carbocycles. The second kappa shape index (κ2) is 10.2. The van der Waals surface area contributed by atoms with E-state index < -0.39 is 0 Å². The van der Waals surface area contributed by atoms with E-state index in [4.69, 9.17) is 4.74 Å². The first-order valence-corrected chi connectivity index (χ1v) is 9.64. The zero-order valence-electron chi connectivity index (χ0n) is 16.8. The largest absolute Gasteiger partial charge is 0.457 e. The zero-order valence-corrected chi connectivity index (χ0v) is 16.8. The van der Waals surface area contributed by atoms with Crippen molar-refractivity contribution in [1.29, 1.82) is 0 Å². The summed E-state index contributed by atoms with van der Waals surface area (Å²) in [4.78, 5) is 14.7. The van der Waals surface area contributed by atoms with Gasteiger partial charge in [0.25, 0.3) is 0 Å². The zero-order chi connectivity index (χ0) is 20.5. The predicted molar refractivity (Wildman–Crippen MR) is 120 cm³/mol. The van der Waals surface area contributed by atoms with E-state index in [1.54, 1.807) is 18.2 Å². The summed E-state index contributed by atoms with van der Waals surface area (Å²) in [6, 6.07) is 24.8. The molecule has 4 nitrogen and oxygen atoms in total. The molecular weight excluding hydrogens is 360 g/mol. The highest BCUT2D eigenvalue weighted by molar-refractivity contribution is 6.07. The van der Waals surface area contributed by atoms with Gasteiger partial charge >= 0.3 is 0 Å². The highest BCUT2D eigenvalue weighted by atomic mass is 16.5. The second-order valence-electron chi connectivity index (χ2n) is 6.99. The SMILES string of the molecule is CN(C)CCNc1ccc(/C=C/C(=O)c2cccc(Oc3ccccc3)c2)cc1. The van der Waals surface area contributed by atoms with Gasteiger partial charge in [0.05, 0.1) is 0 Å². The fourth-order valence-electron chi connectivity index (χ4n) is 2.74. The summed E-state index contributed by atoms with van der Waals surface area (Å²) in [6.45, 7) is 1.87. The molecule has 0 amide bonds. The maximum atomic E-state index is 12.5. The minimum Gasteiger partial charge on any atom is -0.457 e. The molecule has 0 fully saturated rings. The van der Waals surface area contributed by atoms with Crippen molar-refractivity contribution in [3.05, 3.63) is 96.1 Å². The first-order chi connectivity index (χ1) is 14.1. The molecule has 0 saturated carbocycles. The van der Waals surface area contributed by atoms with E-state index in [2.05, 4.69) is 24.3 Å². The molecule has 0 aliphatic rings. The summed E-state index contributed by atoms with van der Waals surface area (Å²) in [5, 5.41) is 3.37. The number of ketones is 1. The summed E-state index contributed by atoms with van der Waals surface area (Å²) >= 11 is 0. The molecule has 0 spiro atoms. The smallest absolute Gasteiger partial charge is 0.185 e. The van der Waals surface area contributed by atoms with Crippen molar-refractivity contribution in [2.75, 3.05) is 32.5 Å². The number of nitrogens with one attached hydrogen (secondary N) is 1. The van der Waals surface area contributed by atoms with Gasteiger partial charge in [0.2, 0.25) is 0 Å². The Morgan fingerprint density at radius 3 is 2.38 bits per heavy atom. The van der Waals surface area contributed by atoms with Crippen molar-refractivity contribution in [2.45, 2.75) is 0 Å². The van der Waals surface area contributed by atoms with Crippen LogP contribution in [0, 0.1) is 0 Å². The average Bonchev–Trinajstić information content (AvgIpc) is 2.73. The molecule has 29 heavy (non-hydrogen) atoms. The van der Waals surface area contributed by atoms with E-state index in [0.717, 1.165) is 30.1 Å². The molecule has 0 unspecified atom stereocenters. The van der Waals surface area contributed by atoms with Crippen molar-refractivity contribution < 1.29 is 9.53 Å². The predicted octanol–water partition coefficient (Wildman–Crippen LogP) is 5.35. The van der Waals surface area contributed by atoms with E-state index >= 15 is 0 Å². The molecule has 0 heterocycles. The number of likely N-dealkylation sites (N-methyl/N-ethyl adjacent to an activating group) is 1. The topological polar surface area (TPSA) is 41.6 Å². The number of carbonyl (C=O) groups is 1. The van der Waals surface area contributed by atoms with Crippen molar-refractivity contribution in [2.24, 2.45) is 0 Å². The van der Waals surface area contributed by atoms with Gasteiger partial charge < -0.3 is 15.0 Å². The second-order valence-corrected chi connectivity index (χ2v) is 6.99. The minimum atomic E-state index is -0.0586. The van der Waals surface area contributed by atoms with Gasteiger partial charge in [-0.3, -0.25) is 4.79 Å². The number of allylic oxidation sites excluding steroid dienone is 1. The van der Waals surface area contributed by atoms with Crippen LogP contribution in [0.15, 0.2) is 84.9 Å². The van der Waals surface area contributed by atoms with E-state index in [1.165, 1.54) is 0 Å². The fourth-order valence-corrected chi connectivity index (χ4v) is 2.74. The summed E-state index contributed by atoms with van der Waals surface area (Å²) in [7, 11) is 4.10.